The molecule has 0 radical (unpaired) electrons. The lowest BCUT2D eigenvalue weighted by Gasteiger charge is -2.02. The van der Waals surface area contributed by atoms with Gasteiger partial charge in [-0.05, 0) is 34.8 Å². The van der Waals surface area contributed by atoms with Crippen LogP contribution in [0.25, 0.3) is 0 Å². The van der Waals surface area contributed by atoms with Crippen LogP contribution in [0.5, 0.6) is 0 Å². The average molecular weight is 232 g/mol. The van der Waals surface area contributed by atoms with E-state index in [1.165, 1.54) is 10.6 Å². The highest BCUT2D eigenvalue weighted by Crippen LogP contribution is 2.33. The van der Waals surface area contributed by atoms with Gasteiger partial charge in [0.05, 0.1) is 0 Å². The van der Waals surface area contributed by atoms with Gasteiger partial charge in [0.25, 0.3) is 5.56 Å². The average Bonchev–Trinajstić information content (AvgIpc) is 2.79. The summed E-state index contributed by atoms with van der Waals surface area (Å²) in [5, 5.41) is 0. The predicted molar refractivity (Wildman–Crippen MR) is 46.6 cm³/mol. The zero-order chi connectivity index (χ0) is 8.72. The Kier molecular flexibility index (Phi) is 1.79. The third-order valence-corrected chi connectivity index (χ3v) is 2.34. The first-order valence-electron chi connectivity index (χ1n) is 3.75. The summed E-state index contributed by atoms with van der Waals surface area (Å²) in [6, 6.07) is 1.42. The van der Waals surface area contributed by atoms with Gasteiger partial charge in [-0.1, -0.05) is 0 Å². The minimum Gasteiger partial charge on any atom is -0.309 e. The molecule has 1 aromatic rings. The van der Waals surface area contributed by atoms with Crippen molar-refractivity contribution in [2.75, 3.05) is 0 Å². The maximum absolute atomic E-state index is 12.9. The predicted octanol–water partition coefficient (Wildman–Crippen LogP) is 2.08. The van der Waals surface area contributed by atoms with Crippen LogP contribution in [-0.2, 0) is 0 Å². The number of rotatable bonds is 1. The number of halogens is 2. The quantitative estimate of drug-likeness (QED) is 0.726. The van der Waals surface area contributed by atoms with E-state index in [4.69, 9.17) is 0 Å². The van der Waals surface area contributed by atoms with Gasteiger partial charge in [-0.2, -0.15) is 0 Å². The van der Waals surface area contributed by atoms with E-state index in [0.29, 0.717) is 4.47 Å². The Balaban J connectivity index is 2.58. The standard InChI is InChI=1S/C8H7BrFNO/c9-5-3-7(10)8(12)11(4-5)6-1-2-6/h3-4,6H,1-2H2. The summed E-state index contributed by atoms with van der Waals surface area (Å²) in [6.07, 6.45) is 3.61. The molecule has 1 saturated carbocycles. The number of pyridine rings is 1. The van der Waals surface area contributed by atoms with E-state index in [1.54, 1.807) is 6.20 Å². The van der Waals surface area contributed by atoms with Crippen LogP contribution >= 0.6 is 15.9 Å². The monoisotopic (exact) mass is 231 g/mol. The number of aromatic nitrogens is 1. The summed E-state index contributed by atoms with van der Waals surface area (Å²) in [5.41, 5.74) is -0.513. The van der Waals surface area contributed by atoms with Crippen LogP contribution in [0.3, 0.4) is 0 Å². The van der Waals surface area contributed by atoms with E-state index >= 15 is 0 Å². The van der Waals surface area contributed by atoms with Crippen molar-refractivity contribution in [1.29, 1.82) is 0 Å². The van der Waals surface area contributed by atoms with E-state index in [-0.39, 0.29) is 6.04 Å². The van der Waals surface area contributed by atoms with Crippen molar-refractivity contribution in [3.63, 3.8) is 0 Å². The van der Waals surface area contributed by atoms with E-state index < -0.39 is 11.4 Å². The van der Waals surface area contributed by atoms with Gasteiger partial charge in [-0.15, -0.1) is 0 Å². The largest absolute Gasteiger partial charge is 0.309 e. The van der Waals surface area contributed by atoms with Crippen molar-refractivity contribution >= 4 is 15.9 Å². The van der Waals surface area contributed by atoms with Crippen molar-refractivity contribution in [1.82, 2.24) is 4.57 Å². The highest BCUT2D eigenvalue weighted by molar-refractivity contribution is 9.10. The van der Waals surface area contributed by atoms with Crippen LogP contribution in [0.1, 0.15) is 18.9 Å². The number of hydrogen-bond acceptors (Lipinski definition) is 1. The van der Waals surface area contributed by atoms with Crippen LogP contribution in [0.2, 0.25) is 0 Å². The minimum atomic E-state index is -0.684. The molecular weight excluding hydrogens is 225 g/mol. The fraction of sp³-hybridized carbons (Fsp3) is 0.375. The fourth-order valence-corrected chi connectivity index (χ4v) is 1.58. The number of hydrogen-bond donors (Lipinski definition) is 0. The lowest BCUT2D eigenvalue weighted by Crippen LogP contribution is -2.21. The molecule has 0 bridgehead atoms. The summed E-state index contributed by atoms with van der Waals surface area (Å²) in [7, 11) is 0. The molecular formula is C8H7BrFNO. The third kappa shape index (κ3) is 1.31. The molecule has 0 saturated heterocycles. The smallest absolute Gasteiger partial charge is 0.286 e. The summed E-state index contributed by atoms with van der Waals surface area (Å²) in [5.74, 6) is -0.684. The van der Waals surface area contributed by atoms with Gasteiger partial charge in [0, 0.05) is 16.7 Å². The van der Waals surface area contributed by atoms with Crippen LogP contribution in [-0.4, -0.2) is 4.57 Å². The second kappa shape index (κ2) is 2.69. The lowest BCUT2D eigenvalue weighted by atomic mass is 10.4. The minimum absolute atomic E-state index is 0.226. The van der Waals surface area contributed by atoms with Crippen molar-refractivity contribution in [2.45, 2.75) is 18.9 Å². The molecule has 1 aliphatic carbocycles. The molecule has 1 aliphatic rings. The van der Waals surface area contributed by atoms with Crippen molar-refractivity contribution in [3.05, 3.63) is 32.9 Å². The van der Waals surface area contributed by atoms with Crippen molar-refractivity contribution in [2.24, 2.45) is 0 Å². The summed E-state index contributed by atoms with van der Waals surface area (Å²) in [4.78, 5) is 11.2. The number of nitrogens with zero attached hydrogens (tertiary/aromatic N) is 1. The Hall–Kier alpha value is -0.640. The third-order valence-electron chi connectivity index (χ3n) is 1.91. The van der Waals surface area contributed by atoms with Crippen LogP contribution in [0.15, 0.2) is 21.5 Å². The lowest BCUT2D eigenvalue weighted by molar-refractivity contribution is 0.569. The van der Waals surface area contributed by atoms with E-state index in [2.05, 4.69) is 15.9 Å². The Morgan fingerprint density at radius 1 is 1.58 bits per heavy atom. The zero-order valence-corrected chi connectivity index (χ0v) is 7.84. The molecule has 12 heavy (non-hydrogen) atoms. The highest BCUT2D eigenvalue weighted by atomic mass is 79.9. The second-order valence-corrected chi connectivity index (χ2v) is 3.87. The summed E-state index contributed by atoms with van der Waals surface area (Å²) < 4.78 is 14.9. The molecule has 1 aromatic heterocycles. The van der Waals surface area contributed by atoms with Gasteiger partial charge in [0.1, 0.15) is 0 Å². The van der Waals surface area contributed by atoms with Gasteiger partial charge in [0.2, 0.25) is 0 Å². The maximum Gasteiger partial charge on any atom is 0.286 e. The Bertz CT molecular complexity index is 370. The fourth-order valence-electron chi connectivity index (χ4n) is 1.16. The first-order valence-corrected chi connectivity index (χ1v) is 4.55. The molecule has 4 heteroatoms. The van der Waals surface area contributed by atoms with Gasteiger partial charge in [0.15, 0.2) is 5.82 Å². The Morgan fingerprint density at radius 3 is 2.83 bits per heavy atom. The Morgan fingerprint density at radius 2 is 2.25 bits per heavy atom. The van der Waals surface area contributed by atoms with Gasteiger partial charge in [-0.25, -0.2) is 4.39 Å². The second-order valence-electron chi connectivity index (χ2n) is 2.95. The molecule has 1 heterocycles. The molecule has 2 nitrogen and oxygen atoms in total. The molecule has 0 N–H and O–H groups in total. The van der Waals surface area contributed by atoms with Crippen LogP contribution in [0, 0.1) is 5.82 Å². The highest BCUT2D eigenvalue weighted by Gasteiger charge is 2.25. The zero-order valence-electron chi connectivity index (χ0n) is 6.26. The van der Waals surface area contributed by atoms with Crippen molar-refractivity contribution < 1.29 is 4.39 Å². The SMILES string of the molecule is O=c1c(F)cc(Br)cn1C1CC1. The molecule has 1 fully saturated rings. The first-order chi connectivity index (χ1) is 5.68. The van der Waals surface area contributed by atoms with Gasteiger partial charge >= 0.3 is 0 Å². The molecule has 0 amide bonds. The van der Waals surface area contributed by atoms with Gasteiger partial charge < -0.3 is 4.57 Å². The van der Waals surface area contributed by atoms with Gasteiger partial charge in [-0.3, -0.25) is 4.79 Å². The molecule has 0 unspecified atom stereocenters. The molecule has 0 spiro atoms. The molecule has 2 rings (SSSR count). The normalized spacial score (nSPS) is 16.5. The van der Waals surface area contributed by atoms with Crippen LogP contribution in [0.4, 0.5) is 4.39 Å². The topological polar surface area (TPSA) is 22.0 Å². The first kappa shape index (κ1) is 7.98. The van der Waals surface area contributed by atoms with E-state index in [9.17, 15) is 9.18 Å². The molecule has 64 valence electrons. The van der Waals surface area contributed by atoms with Crippen molar-refractivity contribution in [3.8, 4) is 0 Å². The molecule has 0 atom stereocenters. The Labute approximate surface area is 77.1 Å². The molecule has 0 aromatic carbocycles. The summed E-state index contributed by atoms with van der Waals surface area (Å²) >= 11 is 3.14. The summed E-state index contributed by atoms with van der Waals surface area (Å²) in [6.45, 7) is 0. The molecule has 0 aliphatic heterocycles. The maximum atomic E-state index is 12.9. The van der Waals surface area contributed by atoms with E-state index in [0.717, 1.165) is 12.8 Å². The van der Waals surface area contributed by atoms with E-state index in [1.807, 2.05) is 0 Å². The van der Waals surface area contributed by atoms with Crippen LogP contribution < -0.4 is 5.56 Å².